The second kappa shape index (κ2) is 10.7. The number of hydrogen-bond donors (Lipinski definition) is 1. The van der Waals surface area contributed by atoms with Gasteiger partial charge in [-0.05, 0) is 83.6 Å². The summed E-state index contributed by atoms with van der Waals surface area (Å²) in [6.07, 6.45) is 4.10. The molecule has 3 aliphatic rings. The number of amides is 1. The van der Waals surface area contributed by atoms with Gasteiger partial charge < -0.3 is 19.7 Å². The predicted molar refractivity (Wildman–Crippen MR) is 143 cm³/mol. The molecule has 2 aromatic carbocycles. The van der Waals surface area contributed by atoms with E-state index in [1.165, 1.54) is 31.4 Å². The van der Waals surface area contributed by atoms with Crippen LogP contribution < -0.4 is 14.8 Å². The Bertz CT molecular complexity index is 1340. The first-order valence-corrected chi connectivity index (χ1v) is 13.4. The Morgan fingerprint density at radius 1 is 1.03 bits per heavy atom. The number of carbonyl (C=O) groups is 3. The van der Waals surface area contributed by atoms with Crippen LogP contribution in [0.2, 0.25) is 0 Å². The number of allylic oxidation sites excluding steroid dienone is 4. The van der Waals surface area contributed by atoms with E-state index in [1.54, 1.807) is 6.07 Å². The molecular formula is C29H28BrFN2O5. The molecule has 0 spiro atoms. The maximum Gasteiger partial charge on any atom is 0.262 e. The van der Waals surface area contributed by atoms with Gasteiger partial charge in [0.2, 0.25) is 0 Å². The van der Waals surface area contributed by atoms with Crippen LogP contribution in [0.4, 0.5) is 10.1 Å². The molecule has 0 fully saturated rings. The van der Waals surface area contributed by atoms with Crippen molar-refractivity contribution < 1.29 is 28.2 Å². The quantitative estimate of drug-likeness (QED) is 0.473. The molecule has 0 radical (unpaired) electrons. The highest BCUT2D eigenvalue weighted by Crippen LogP contribution is 2.50. The number of Topliss-reactive ketones (excluding diaryl/α,β-unsaturated/α-hetero) is 2. The Hall–Kier alpha value is -3.46. The fourth-order valence-electron chi connectivity index (χ4n) is 5.60. The van der Waals surface area contributed by atoms with Crippen molar-refractivity contribution in [2.75, 3.05) is 26.1 Å². The van der Waals surface area contributed by atoms with Crippen molar-refractivity contribution in [3.63, 3.8) is 0 Å². The molecule has 5 rings (SSSR count). The summed E-state index contributed by atoms with van der Waals surface area (Å²) < 4.78 is 25.1. The number of ether oxygens (including phenoxy) is 2. The smallest absolute Gasteiger partial charge is 0.262 e. The van der Waals surface area contributed by atoms with Crippen molar-refractivity contribution in [3.8, 4) is 11.5 Å². The van der Waals surface area contributed by atoms with Gasteiger partial charge in [0.05, 0.1) is 11.6 Å². The van der Waals surface area contributed by atoms with Gasteiger partial charge in [0.15, 0.2) is 29.7 Å². The van der Waals surface area contributed by atoms with Crippen LogP contribution in [0.25, 0.3) is 0 Å². The van der Waals surface area contributed by atoms with E-state index in [2.05, 4.69) is 26.1 Å². The van der Waals surface area contributed by atoms with Crippen LogP contribution in [0.15, 0.2) is 63.4 Å². The summed E-state index contributed by atoms with van der Waals surface area (Å²) in [6.45, 7) is -0.304. The minimum absolute atomic E-state index is 0.0703. The number of methoxy groups -OCH3 is 1. The minimum Gasteiger partial charge on any atom is -0.493 e. The van der Waals surface area contributed by atoms with Crippen molar-refractivity contribution >= 4 is 39.1 Å². The molecule has 1 N–H and O–H groups in total. The van der Waals surface area contributed by atoms with E-state index >= 15 is 0 Å². The molecule has 0 saturated carbocycles. The molecule has 1 amide bonds. The third kappa shape index (κ3) is 4.87. The molecule has 0 unspecified atom stereocenters. The normalized spacial score (nSPS) is 17.8. The third-order valence-electron chi connectivity index (χ3n) is 7.31. The van der Waals surface area contributed by atoms with Crippen LogP contribution in [0, 0.1) is 5.82 Å². The van der Waals surface area contributed by atoms with Gasteiger partial charge >= 0.3 is 0 Å². The van der Waals surface area contributed by atoms with Crippen LogP contribution in [0.1, 0.15) is 50.0 Å². The highest BCUT2D eigenvalue weighted by Gasteiger charge is 2.42. The summed E-state index contributed by atoms with van der Waals surface area (Å²) in [7, 11) is 3.46. The first-order chi connectivity index (χ1) is 18.3. The molecule has 198 valence electrons. The van der Waals surface area contributed by atoms with E-state index in [4.69, 9.17) is 9.47 Å². The lowest BCUT2D eigenvalue weighted by molar-refractivity contribution is -0.118. The lowest BCUT2D eigenvalue weighted by Crippen LogP contribution is -2.37. The summed E-state index contributed by atoms with van der Waals surface area (Å²) in [4.78, 5) is 41.0. The van der Waals surface area contributed by atoms with Gasteiger partial charge in [-0.15, -0.1) is 0 Å². The molecule has 2 aromatic rings. The Morgan fingerprint density at radius 3 is 2.21 bits per heavy atom. The Morgan fingerprint density at radius 2 is 1.63 bits per heavy atom. The number of nitrogens with zero attached hydrogens (tertiary/aromatic N) is 1. The molecule has 2 aliphatic carbocycles. The van der Waals surface area contributed by atoms with Crippen molar-refractivity contribution in [1.82, 2.24) is 4.90 Å². The van der Waals surface area contributed by atoms with Gasteiger partial charge in [0, 0.05) is 54.0 Å². The highest BCUT2D eigenvalue weighted by molar-refractivity contribution is 9.10. The fraction of sp³-hybridized carbons (Fsp3) is 0.345. The van der Waals surface area contributed by atoms with Gasteiger partial charge in [-0.3, -0.25) is 14.4 Å². The standard InChI is InChI=1S/C29H28BrFN2O5/c1-33-20-5-3-7-22(34)27(20)26(28-21(33)6-4-8-23(28)35)16-13-19(30)29(24(14-16)37-2)38-15-25(36)32-18-11-9-17(31)10-12-18/h9-14,26H,3-8,15H2,1-2H3,(H,32,36). The molecule has 0 saturated heterocycles. The monoisotopic (exact) mass is 582 g/mol. The van der Waals surface area contributed by atoms with Crippen LogP contribution >= 0.6 is 15.9 Å². The number of benzene rings is 2. The third-order valence-corrected chi connectivity index (χ3v) is 7.89. The fourth-order valence-corrected chi connectivity index (χ4v) is 6.17. The van der Waals surface area contributed by atoms with E-state index in [-0.39, 0.29) is 18.2 Å². The molecule has 9 heteroatoms. The molecule has 0 atom stereocenters. The maximum absolute atomic E-state index is 13.2. The summed E-state index contributed by atoms with van der Waals surface area (Å²) in [5, 5.41) is 2.66. The van der Waals surface area contributed by atoms with Crippen molar-refractivity contribution in [3.05, 3.63) is 74.8 Å². The van der Waals surface area contributed by atoms with Crippen LogP contribution in [0.3, 0.4) is 0 Å². The molecule has 38 heavy (non-hydrogen) atoms. The Balaban J connectivity index is 1.47. The number of ketones is 2. The second-order valence-corrected chi connectivity index (χ2v) is 10.5. The highest BCUT2D eigenvalue weighted by atomic mass is 79.9. The van der Waals surface area contributed by atoms with Gasteiger partial charge in [-0.25, -0.2) is 4.39 Å². The predicted octanol–water partition coefficient (Wildman–Crippen LogP) is 5.66. The summed E-state index contributed by atoms with van der Waals surface area (Å²) in [5.74, 6) is -0.450. The van der Waals surface area contributed by atoms with Crippen LogP contribution in [0.5, 0.6) is 11.5 Å². The van der Waals surface area contributed by atoms with Crippen molar-refractivity contribution in [1.29, 1.82) is 0 Å². The SMILES string of the molecule is COc1cc(C2C3=C(CCCC3=O)N(C)C3=C2C(=O)CCC3)cc(Br)c1OCC(=O)Nc1ccc(F)cc1. The summed E-state index contributed by atoms with van der Waals surface area (Å²) in [6, 6.07) is 9.06. The Kier molecular flexibility index (Phi) is 7.38. The molecule has 0 aromatic heterocycles. The van der Waals surface area contributed by atoms with Gasteiger partial charge in [-0.2, -0.15) is 0 Å². The summed E-state index contributed by atoms with van der Waals surface area (Å²) in [5.41, 5.74) is 4.57. The minimum atomic E-state index is -0.474. The number of rotatable bonds is 6. The molecule has 1 heterocycles. The number of halogens is 2. The van der Waals surface area contributed by atoms with Crippen LogP contribution in [-0.4, -0.2) is 43.1 Å². The molecular weight excluding hydrogens is 555 g/mol. The van der Waals surface area contributed by atoms with E-state index < -0.39 is 17.6 Å². The van der Waals surface area contributed by atoms with E-state index in [0.717, 1.165) is 42.6 Å². The number of hydrogen-bond acceptors (Lipinski definition) is 6. The van der Waals surface area contributed by atoms with Gasteiger partial charge in [0.25, 0.3) is 5.91 Å². The van der Waals surface area contributed by atoms with Gasteiger partial charge in [0.1, 0.15) is 5.82 Å². The van der Waals surface area contributed by atoms with Gasteiger partial charge in [-0.1, -0.05) is 0 Å². The largest absolute Gasteiger partial charge is 0.493 e. The van der Waals surface area contributed by atoms with E-state index in [9.17, 15) is 18.8 Å². The zero-order chi connectivity index (χ0) is 27.0. The average Bonchev–Trinajstić information content (AvgIpc) is 2.90. The summed E-state index contributed by atoms with van der Waals surface area (Å²) >= 11 is 3.56. The first-order valence-electron chi connectivity index (χ1n) is 12.6. The van der Waals surface area contributed by atoms with E-state index in [1.807, 2.05) is 13.1 Å². The zero-order valence-electron chi connectivity index (χ0n) is 21.2. The van der Waals surface area contributed by atoms with Crippen molar-refractivity contribution in [2.45, 2.75) is 44.4 Å². The first kappa shape index (κ1) is 26.2. The number of nitrogens with one attached hydrogen (secondary N) is 1. The number of anilines is 1. The molecule has 1 aliphatic heterocycles. The number of carbonyl (C=O) groups excluding carboxylic acids is 3. The van der Waals surface area contributed by atoms with Crippen molar-refractivity contribution in [2.24, 2.45) is 0 Å². The lowest BCUT2D eigenvalue weighted by atomic mass is 9.71. The topological polar surface area (TPSA) is 84.9 Å². The van der Waals surface area contributed by atoms with Crippen LogP contribution in [-0.2, 0) is 14.4 Å². The second-order valence-electron chi connectivity index (χ2n) is 9.64. The average molecular weight is 583 g/mol. The lowest BCUT2D eigenvalue weighted by Gasteiger charge is -2.42. The maximum atomic E-state index is 13.2. The molecule has 0 bridgehead atoms. The Labute approximate surface area is 228 Å². The van der Waals surface area contributed by atoms with E-state index in [0.29, 0.717) is 45.6 Å². The zero-order valence-corrected chi connectivity index (χ0v) is 22.8. The molecule has 7 nitrogen and oxygen atoms in total.